The topological polar surface area (TPSA) is 108 Å². The Hall–Kier alpha value is -1.97. The minimum absolute atomic E-state index is 0.174. The molecule has 7 atom stereocenters. The molecule has 3 N–H and O–H groups in total. The van der Waals surface area contributed by atoms with Gasteiger partial charge in [0.05, 0.1) is 30.6 Å². The summed E-state index contributed by atoms with van der Waals surface area (Å²) in [6, 6.07) is 7.54. The van der Waals surface area contributed by atoms with E-state index in [2.05, 4.69) is 26.6 Å². The average molecular weight is 508 g/mol. The zero-order chi connectivity index (χ0) is 23.4. The van der Waals surface area contributed by atoms with Crippen molar-refractivity contribution in [3.8, 4) is 0 Å². The van der Waals surface area contributed by atoms with Gasteiger partial charge in [0.2, 0.25) is 17.7 Å². The Morgan fingerprint density at radius 3 is 2.53 bits per heavy atom. The first-order chi connectivity index (χ1) is 15.0. The van der Waals surface area contributed by atoms with Crippen molar-refractivity contribution in [2.24, 2.45) is 11.8 Å². The zero-order valence-corrected chi connectivity index (χ0v) is 20.3. The number of nitrogens with one attached hydrogen (secondary N) is 2. The molecule has 2 bridgehead atoms. The normalized spacial score (nSPS) is 34.4. The molecule has 3 saturated heterocycles. The average Bonchev–Trinajstić information content (AvgIpc) is 3.30. The molecule has 3 unspecified atom stereocenters. The molecule has 8 nitrogen and oxygen atoms in total. The number of benzene rings is 1. The van der Waals surface area contributed by atoms with Crippen LogP contribution in [0.25, 0.3) is 0 Å². The number of amides is 3. The van der Waals surface area contributed by atoms with Crippen molar-refractivity contribution in [3.05, 3.63) is 30.3 Å². The first-order valence-corrected chi connectivity index (χ1v) is 11.8. The summed E-state index contributed by atoms with van der Waals surface area (Å²) in [7, 11) is 0. The number of hydrogen-bond donors (Lipinski definition) is 3. The molecular weight excluding hydrogens is 478 g/mol. The molecule has 0 aromatic heterocycles. The van der Waals surface area contributed by atoms with E-state index >= 15 is 0 Å². The summed E-state index contributed by atoms with van der Waals surface area (Å²) in [5.74, 6) is -2.51. The lowest BCUT2D eigenvalue weighted by Crippen LogP contribution is -2.60. The maximum Gasteiger partial charge on any atom is 0.246 e. The molecule has 4 rings (SSSR count). The number of hydrogen-bond acceptors (Lipinski definition) is 5. The third-order valence-corrected chi connectivity index (χ3v) is 7.40. The SMILES string of the molecule is C[C@H](CO)N1C(=O)[C@@H]2[C@@H](C(=O)Nc3ccccc3)[C@@H]3OC2(CC3Br)C1C(=O)NC(C)(C)C. The first kappa shape index (κ1) is 23.2. The maximum absolute atomic E-state index is 13.7. The van der Waals surface area contributed by atoms with Crippen LogP contribution in [0.3, 0.4) is 0 Å². The second kappa shape index (κ2) is 8.11. The van der Waals surface area contributed by atoms with Crippen molar-refractivity contribution in [1.82, 2.24) is 10.2 Å². The Balaban J connectivity index is 1.73. The van der Waals surface area contributed by atoms with Gasteiger partial charge in [0.15, 0.2) is 0 Å². The number of carbonyl (C=O) groups is 3. The van der Waals surface area contributed by atoms with Gasteiger partial charge in [-0.1, -0.05) is 34.1 Å². The number of aliphatic hydroxyl groups is 1. The van der Waals surface area contributed by atoms with E-state index in [1.54, 1.807) is 19.1 Å². The number of likely N-dealkylation sites (tertiary alicyclic amines) is 1. The molecule has 0 saturated carbocycles. The number of aliphatic hydroxyl groups excluding tert-OH is 1. The van der Waals surface area contributed by atoms with Crippen LogP contribution in [0.5, 0.6) is 0 Å². The van der Waals surface area contributed by atoms with Gasteiger partial charge < -0.3 is 25.4 Å². The van der Waals surface area contributed by atoms with E-state index in [0.29, 0.717) is 12.1 Å². The van der Waals surface area contributed by atoms with Gasteiger partial charge in [-0.15, -0.1) is 0 Å². The van der Waals surface area contributed by atoms with Gasteiger partial charge in [-0.05, 0) is 46.2 Å². The van der Waals surface area contributed by atoms with Gasteiger partial charge >= 0.3 is 0 Å². The van der Waals surface area contributed by atoms with E-state index in [9.17, 15) is 19.5 Å². The molecule has 9 heteroatoms. The monoisotopic (exact) mass is 507 g/mol. The predicted molar refractivity (Wildman–Crippen MR) is 122 cm³/mol. The number of para-hydroxylation sites is 1. The molecule has 1 aromatic rings. The van der Waals surface area contributed by atoms with Crippen LogP contribution in [0.15, 0.2) is 30.3 Å². The zero-order valence-electron chi connectivity index (χ0n) is 18.7. The van der Waals surface area contributed by atoms with Crippen LogP contribution in [0.2, 0.25) is 0 Å². The minimum Gasteiger partial charge on any atom is -0.394 e. The van der Waals surface area contributed by atoms with Gasteiger partial charge in [-0.2, -0.15) is 0 Å². The summed E-state index contributed by atoms with van der Waals surface area (Å²) in [5.41, 5.74) is -1.02. The number of alkyl halides is 1. The Morgan fingerprint density at radius 2 is 1.94 bits per heavy atom. The fourth-order valence-corrected chi connectivity index (χ4v) is 6.36. The van der Waals surface area contributed by atoms with Crippen LogP contribution in [0.1, 0.15) is 34.1 Å². The van der Waals surface area contributed by atoms with Crippen LogP contribution >= 0.6 is 15.9 Å². The van der Waals surface area contributed by atoms with Crippen molar-refractivity contribution in [3.63, 3.8) is 0 Å². The van der Waals surface area contributed by atoms with Crippen LogP contribution in [-0.4, -0.2) is 68.5 Å². The predicted octanol–water partition coefficient (Wildman–Crippen LogP) is 1.67. The number of anilines is 1. The van der Waals surface area contributed by atoms with Crippen molar-refractivity contribution >= 4 is 39.3 Å². The van der Waals surface area contributed by atoms with Crippen molar-refractivity contribution in [2.45, 2.75) is 68.3 Å². The van der Waals surface area contributed by atoms with E-state index in [1.807, 2.05) is 39.0 Å². The molecule has 0 radical (unpaired) electrons. The molecule has 3 amide bonds. The Labute approximate surface area is 196 Å². The summed E-state index contributed by atoms with van der Waals surface area (Å²) in [6.07, 6.45) is -0.0933. The van der Waals surface area contributed by atoms with E-state index < -0.39 is 41.2 Å². The number of nitrogens with zero attached hydrogens (tertiary/aromatic N) is 1. The quantitative estimate of drug-likeness (QED) is 0.525. The molecule has 3 aliphatic heterocycles. The smallest absolute Gasteiger partial charge is 0.246 e. The number of rotatable bonds is 5. The summed E-state index contributed by atoms with van der Waals surface area (Å²) < 4.78 is 6.40. The highest BCUT2D eigenvalue weighted by molar-refractivity contribution is 9.09. The molecule has 1 spiro atoms. The largest absolute Gasteiger partial charge is 0.394 e. The van der Waals surface area contributed by atoms with Gasteiger partial charge in [-0.25, -0.2) is 0 Å². The highest BCUT2D eigenvalue weighted by Crippen LogP contribution is 2.60. The molecule has 174 valence electrons. The van der Waals surface area contributed by atoms with E-state index in [4.69, 9.17) is 4.74 Å². The van der Waals surface area contributed by atoms with E-state index in [0.717, 1.165) is 0 Å². The van der Waals surface area contributed by atoms with Crippen molar-refractivity contribution < 1.29 is 24.2 Å². The Bertz CT molecular complexity index is 920. The van der Waals surface area contributed by atoms with E-state index in [1.165, 1.54) is 4.90 Å². The second-order valence-corrected chi connectivity index (χ2v) is 11.2. The third kappa shape index (κ3) is 3.64. The lowest BCUT2D eigenvalue weighted by atomic mass is 9.70. The number of halogens is 1. The maximum atomic E-state index is 13.7. The van der Waals surface area contributed by atoms with Crippen LogP contribution in [-0.2, 0) is 19.1 Å². The van der Waals surface area contributed by atoms with Crippen LogP contribution in [0, 0.1) is 11.8 Å². The fraction of sp³-hybridized carbons (Fsp3) is 0.609. The molecule has 3 fully saturated rings. The van der Waals surface area contributed by atoms with Crippen LogP contribution in [0.4, 0.5) is 5.69 Å². The second-order valence-electron chi connectivity index (χ2n) is 10.0. The Kier molecular flexibility index (Phi) is 5.88. The Morgan fingerprint density at radius 1 is 1.28 bits per heavy atom. The molecule has 32 heavy (non-hydrogen) atoms. The van der Waals surface area contributed by atoms with Gasteiger partial charge in [0.25, 0.3) is 0 Å². The highest BCUT2D eigenvalue weighted by atomic mass is 79.9. The van der Waals surface area contributed by atoms with Gasteiger partial charge in [-0.3, -0.25) is 14.4 Å². The van der Waals surface area contributed by atoms with E-state index in [-0.39, 0.29) is 29.2 Å². The summed E-state index contributed by atoms with van der Waals surface area (Å²) >= 11 is 3.64. The fourth-order valence-electron chi connectivity index (χ4n) is 5.41. The molecule has 1 aromatic carbocycles. The van der Waals surface area contributed by atoms with Crippen LogP contribution < -0.4 is 10.6 Å². The first-order valence-electron chi connectivity index (χ1n) is 10.9. The third-order valence-electron chi connectivity index (χ3n) is 6.56. The minimum atomic E-state index is -1.13. The number of ether oxygens (including phenoxy) is 1. The number of carbonyl (C=O) groups excluding carboxylic acids is 3. The molecule has 3 aliphatic rings. The lowest BCUT2D eigenvalue weighted by molar-refractivity contribution is -0.145. The van der Waals surface area contributed by atoms with Crippen molar-refractivity contribution in [1.29, 1.82) is 0 Å². The number of fused-ring (bicyclic) bond motifs is 1. The van der Waals surface area contributed by atoms with Gasteiger partial charge in [0.1, 0.15) is 11.6 Å². The summed E-state index contributed by atoms with van der Waals surface area (Å²) in [4.78, 5) is 41.7. The molecular formula is C23H30BrN3O5. The molecule has 0 aliphatic carbocycles. The summed E-state index contributed by atoms with van der Waals surface area (Å²) in [6.45, 7) is 7.01. The standard InChI is InChI=1S/C23H30BrN3O5/c1-12(11-28)27-18(20(30)26-22(2,3)4)23-10-14(24)17(32-23)15(16(23)21(27)31)19(29)25-13-8-6-5-7-9-13/h5-9,12,14-18,28H,10-11H2,1-4H3,(H,25,29)(H,26,30)/t12-,14?,15-,16+,17-,18?,23?/m1/s1. The van der Waals surface area contributed by atoms with Crippen molar-refractivity contribution in [2.75, 3.05) is 11.9 Å². The lowest BCUT2D eigenvalue weighted by Gasteiger charge is -2.37. The van der Waals surface area contributed by atoms with Gasteiger partial charge in [0, 0.05) is 16.1 Å². The molecule has 3 heterocycles. The highest BCUT2D eigenvalue weighted by Gasteiger charge is 2.76. The summed E-state index contributed by atoms with van der Waals surface area (Å²) in [5, 5.41) is 15.7.